The van der Waals surface area contributed by atoms with Crippen molar-refractivity contribution in [3.8, 4) is 0 Å². The molecule has 1 aliphatic carbocycles. The zero-order valence-electron chi connectivity index (χ0n) is 8.71. The Kier molecular flexibility index (Phi) is 5.83. The normalized spacial score (nSPS) is 19.1. The second kappa shape index (κ2) is 6.98. The van der Waals surface area contributed by atoms with Gasteiger partial charge in [-0.2, -0.15) is 0 Å². The molecule has 3 nitrogen and oxygen atoms in total. The highest BCUT2D eigenvalue weighted by atomic mass is 16.3. The summed E-state index contributed by atoms with van der Waals surface area (Å²) in [5.74, 6) is 0. The molecule has 0 fully saturated rings. The first-order chi connectivity index (χ1) is 6.83. The highest BCUT2D eigenvalue weighted by molar-refractivity contribution is 5.05. The molecule has 0 saturated carbocycles. The van der Waals surface area contributed by atoms with Gasteiger partial charge in [-0.05, 0) is 38.6 Å². The first-order valence-corrected chi connectivity index (χ1v) is 5.50. The maximum atomic E-state index is 9.07. The average molecular weight is 199 g/mol. The van der Waals surface area contributed by atoms with E-state index in [4.69, 9.17) is 10.2 Å². The van der Waals surface area contributed by atoms with E-state index in [0.29, 0.717) is 6.54 Å². The van der Waals surface area contributed by atoms with Crippen LogP contribution in [0.5, 0.6) is 0 Å². The fourth-order valence-electron chi connectivity index (χ4n) is 1.71. The van der Waals surface area contributed by atoms with E-state index >= 15 is 0 Å². The lowest BCUT2D eigenvalue weighted by Crippen LogP contribution is -2.30. The molecule has 1 rings (SSSR count). The van der Waals surface area contributed by atoms with E-state index in [1.54, 1.807) is 5.57 Å². The summed E-state index contributed by atoms with van der Waals surface area (Å²) in [6.45, 7) is 1.24. The van der Waals surface area contributed by atoms with E-state index < -0.39 is 6.10 Å². The zero-order valence-corrected chi connectivity index (χ0v) is 8.71. The fourth-order valence-corrected chi connectivity index (χ4v) is 1.71. The van der Waals surface area contributed by atoms with Crippen LogP contribution < -0.4 is 5.32 Å². The van der Waals surface area contributed by atoms with Crippen LogP contribution in [0.25, 0.3) is 0 Å². The molecule has 1 aliphatic rings. The first-order valence-electron chi connectivity index (χ1n) is 5.50. The van der Waals surface area contributed by atoms with Gasteiger partial charge >= 0.3 is 0 Å². The number of hydrogen-bond acceptors (Lipinski definition) is 3. The highest BCUT2D eigenvalue weighted by Crippen LogP contribution is 2.19. The number of hydrogen-bond donors (Lipinski definition) is 3. The molecule has 0 saturated heterocycles. The summed E-state index contributed by atoms with van der Waals surface area (Å²) in [6.07, 6.45) is 7.94. The molecule has 14 heavy (non-hydrogen) atoms. The third-order valence-corrected chi connectivity index (χ3v) is 2.60. The number of aliphatic hydroxyl groups is 2. The van der Waals surface area contributed by atoms with Gasteiger partial charge in [0, 0.05) is 6.54 Å². The van der Waals surface area contributed by atoms with E-state index in [2.05, 4.69) is 11.4 Å². The van der Waals surface area contributed by atoms with Gasteiger partial charge in [0.15, 0.2) is 0 Å². The molecule has 0 radical (unpaired) electrons. The molecule has 0 aromatic rings. The van der Waals surface area contributed by atoms with Gasteiger partial charge in [-0.1, -0.05) is 11.6 Å². The minimum Gasteiger partial charge on any atom is -0.394 e. The summed E-state index contributed by atoms with van der Waals surface area (Å²) in [7, 11) is 0. The monoisotopic (exact) mass is 199 g/mol. The lowest BCUT2D eigenvalue weighted by Gasteiger charge is -2.13. The smallest absolute Gasteiger partial charge is 0.0894 e. The maximum Gasteiger partial charge on any atom is 0.0894 e. The summed E-state index contributed by atoms with van der Waals surface area (Å²) in [4.78, 5) is 0. The number of rotatable bonds is 6. The van der Waals surface area contributed by atoms with Crippen LogP contribution in [-0.4, -0.2) is 36.0 Å². The molecule has 1 atom stereocenters. The number of nitrogens with one attached hydrogen (secondary N) is 1. The molecule has 0 amide bonds. The van der Waals surface area contributed by atoms with E-state index in [-0.39, 0.29) is 6.61 Å². The molecule has 0 bridgehead atoms. The van der Waals surface area contributed by atoms with Crippen LogP contribution in [-0.2, 0) is 0 Å². The second-order valence-electron chi connectivity index (χ2n) is 3.90. The predicted molar refractivity (Wildman–Crippen MR) is 57.1 cm³/mol. The lowest BCUT2D eigenvalue weighted by molar-refractivity contribution is 0.0947. The quantitative estimate of drug-likeness (QED) is 0.438. The molecular formula is C11H21NO2. The van der Waals surface area contributed by atoms with Gasteiger partial charge in [-0.3, -0.25) is 0 Å². The van der Waals surface area contributed by atoms with Gasteiger partial charge in [0.05, 0.1) is 12.7 Å². The van der Waals surface area contributed by atoms with Gasteiger partial charge < -0.3 is 15.5 Å². The Morgan fingerprint density at radius 1 is 1.43 bits per heavy atom. The molecule has 3 heteroatoms. The number of aliphatic hydroxyl groups excluding tert-OH is 2. The third kappa shape index (κ3) is 4.74. The largest absolute Gasteiger partial charge is 0.394 e. The van der Waals surface area contributed by atoms with E-state index in [1.807, 2.05) is 0 Å². The summed E-state index contributed by atoms with van der Waals surface area (Å²) in [5.41, 5.74) is 1.54. The van der Waals surface area contributed by atoms with Crippen LogP contribution in [0, 0.1) is 0 Å². The zero-order chi connectivity index (χ0) is 10.2. The Morgan fingerprint density at radius 2 is 2.29 bits per heavy atom. The van der Waals surface area contributed by atoms with Crippen LogP contribution in [0.2, 0.25) is 0 Å². The predicted octanol–water partition coefficient (Wildman–Crippen LogP) is 0.820. The van der Waals surface area contributed by atoms with Crippen molar-refractivity contribution in [2.75, 3.05) is 19.7 Å². The highest BCUT2D eigenvalue weighted by Gasteiger charge is 2.04. The van der Waals surface area contributed by atoms with Crippen LogP contribution >= 0.6 is 0 Å². The Bertz CT molecular complexity index is 180. The SMILES string of the molecule is OCC(O)CNCCC1=CCCCC1. The summed E-state index contributed by atoms with van der Waals surface area (Å²) in [6, 6.07) is 0. The molecule has 0 spiro atoms. The number of allylic oxidation sites excluding steroid dienone is 1. The minimum atomic E-state index is -0.615. The molecule has 0 aromatic heterocycles. The van der Waals surface area contributed by atoms with Crippen LogP contribution in [0.3, 0.4) is 0 Å². The van der Waals surface area contributed by atoms with Crippen molar-refractivity contribution in [1.29, 1.82) is 0 Å². The molecule has 0 aliphatic heterocycles. The van der Waals surface area contributed by atoms with E-state index in [0.717, 1.165) is 13.0 Å². The van der Waals surface area contributed by atoms with Crippen molar-refractivity contribution < 1.29 is 10.2 Å². The van der Waals surface area contributed by atoms with Crippen molar-refractivity contribution in [1.82, 2.24) is 5.32 Å². The van der Waals surface area contributed by atoms with E-state index in [9.17, 15) is 0 Å². The Labute approximate surface area is 85.8 Å². The van der Waals surface area contributed by atoms with Crippen LogP contribution in [0.4, 0.5) is 0 Å². The Balaban J connectivity index is 2.00. The Morgan fingerprint density at radius 3 is 2.93 bits per heavy atom. The minimum absolute atomic E-state index is 0.157. The second-order valence-corrected chi connectivity index (χ2v) is 3.90. The third-order valence-electron chi connectivity index (χ3n) is 2.60. The first kappa shape index (κ1) is 11.7. The van der Waals surface area contributed by atoms with Gasteiger partial charge in [0.25, 0.3) is 0 Å². The maximum absolute atomic E-state index is 9.07. The summed E-state index contributed by atoms with van der Waals surface area (Å²) >= 11 is 0. The van der Waals surface area contributed by atoms with Crippen LogP contribution in [0.15, 0.2) is 11.6 Å². The molecule has 0 aromatic carbocycles. The lowest BCUT2D eigenvalue weighted by atomic mass is 9.97. The molecular weight excluding hydrogens is 178 g/mol. The van der Waals surface area contributed by atoms with Gasteiger partial charge in [-0.25, -0.2) is 0 Å². The average Bonchev–Trinajstić information content (AvgIpc) is 2.25. The van der Waals surface area contributed by atoms with E-state index in [1.165, 1.54) is 25.7 Å². The molecule has 0 heterocycles. The molecule has 3 N–H and O–H groups in total. The van der Waals surface area contributed by atoms with Gasteiger partial charge in [0.2, 0.25) is 0 Å². The summed E-state index contributed by atoms with van der Waals surface area (Å²) < 4.78 is 0. The molecule has 1 unspecified atom stereocenters. The van der Waals surface area contributed by atoms with Crippen molar-refractivity contribution in [3.05, 3.63) is 11.6 Å². The van der Waals surface area contributed by atoms with Crippen molar-refractivity contribution in [2.24, 2.45) is 0 Å². The van der Waals surface area contributed by atoms with Crippen molar-refractivity contribution in [2.45, 2.75) is 38.2 Å². The van der Waals surface area contributed by atoms with Crippen molar-refractivity contribution >= 4 is 0 Å². The van der Waals surface area contributed by atoms with Crippen molar-refractivity contribution in [3.63, 3.8) is 0 Å². The topological polar surface area (TPSA) is 52.5 Å². The molecule has 82 valence electrons. The fraction of sp³-hybridized carbons (Fsp3) is 0.818. The Hall–Kier alpha value is -0.380. The van der Waals surface area contributed by atoms with Gasteiger partial charge in [-0.15, -0.1) is 0 Å². The van der Waals surface area contributed by atoms with Crippen LogP contribution in [0.1, 0.15) is 32.1 Å². The summed E-state index contributed by atoms with van der Waals surface area (Å²) in [5, 5.41) is 20.8. The van der Waals surface area contributed by atoms with Gasteiger partial charge in [0.1, 0.15) is 0 Å². The standard InChI is InChI=1S/C11H21NO2/c13-9-11(14)8-12-7-6-10-4-2-1-3-5-10/h4,11-14H,1-3,5-9H2.